The van der Waals surface area contributed by atoms with E-state index in [4.69, 9.17) is 0 Å². The number of amides is 1. The summed E-state index contributed by atoms with van der Waals surface area (Å²) in [4.78, 5) is 31.7. The second-order valence-electron chi connectivity index (χ2n) is 8.05. The van der Waals surface area contributed by atoms with E-state index in [1.807, 2.05) is 36.4 Å². The smallest absolute Gasteiger partial charge is 0.252 e. The zero-order valence-corrected chi connectivity index (χ0v) is 18.8. The van der Waals surface area contributed by atoms with Crippen LogP contribution in [0.4, 0.5) is 0 Å². The molecule has 0 saturated carbocycles. The maximum atomic E-state index is 13.4. The first-order chi connectivity index (χ1) is 16.2. The summed E-state index contributed by atoms with van der Waals surface area (Å²) in [5.41, 5.74) is 8.99. The first kappa shape index (κ1) is 21.3. The van der Waals surface area contributed by atoms with Gasteiger partial charge in [-0.25, -0.2) is 9.99 Å². The number of nitrogens with one attached hydrogen (secondary N) is 2. The standard InChI is InChI=1S/C26H24N4O2S/c31-22-14-15-27-26(28-22)33-17-23(32)30-25(19-10-5-2-6-11-19)21-13-7-12-20(24(21)29-30)16-18-8-3-1-4-9-18/h1-6,8-11,14-16,25,29H,7,12-13,17H2,(H,27,28,31)/b20-16+/t25-/m1/s1. The molecule has 7 heteroatoms. The molecule has 2 aromatic carbocycles. The number of thioether (sulfide) groups is 1. The predicted octanol–water partition coefficient (Wildman–Crippen LogP) is 4.47. The summed E-state index contributed by atoms with van der Waals surface area (Å²) in [7, 11) is 0. The minimum atomic E-state index is -0.228. The van der Waals surface area contributed by atoms with Crippen LogP contribution >= 0.6 is 11.8 Å². The fourth-order valence-electron chi connectivity index (χ4n) is 4.40. The highest BCUT2D eigenvalue weighted by Crippen LogP contribution is 2.44. The maximum absolute atomic E-state index is 13.4. The number of nitrogens with zero attached hydrogens (tertiary/aromatic N) is 2. The van der Waals surface area contributed by atoms with E-state index in [0.29, 0.717) is 5.16 Å². The van der Waals surface area contributed by atoms with Crippen molar-refractivity contribution < 1.29 is 4.79 Å². The highest BCUT2D eigenvalue weighted by molar-refractivity contribution is 7.99. The molecule has 33 heavy (non-hydrogen) atoms. The Balaban J connectivity index is 1.45. The van der Waals surface area contributed by atoms with Crippen LogP contribution in [0.1, 0.15) is 36.4 Å². The quantitative estimate of drug-likeness (QED) is 0.437. The fourth-order valence-corrected chi connectivity index (χ4v) is 5.10. The van der Waals surface area contributed by atoms with Gasteiger partial charge in [-0.2, -0.15) is 0 Å². The number of hydrazine groups is 1. The van der Waals surface area contributed by atoms with Gasteiger partial charge in [-0.05, 0) is 47.6 Å². The summed E-state index contributed by atoms with van der Waals surface area (Å²) in [6.45, 7) is 0. The molecule has 2 N–H and O–H groups in total. The normalized spacial score (nSPS) is 18.8. The van der Waals surface area contributed by atoms with Crippen molar-refractivity contribution in [2.75, 3.05) is 5.75 Å². The molecule has 1 aliphatic heterocycles. The number of H-pyrrole nitrogens is 1. The molecule has 0 fully saturated rings. The van der Waals surface area contributed by atoms with Gasteiger partial charge in [-0.15, -0.1) is 0 Å². The molecular weight excluding hydrogens is 432 g/mol. The average molecular weight is 457 g/mol. The molecule has 1 aromatic heterocycles. The van der Waals surface area contributed by atoms with Gasteiger partial charge in [0.25, 0.3) is 11.5 Å². The second kappa shape index (κ2) is 9.50. The van der Waals surface area contributed by atoms with Crippen LogP contribution in [0.15, 0.2) is 99.7 Å². The Morgan fingerprint density at radius 3 is 2.58 bits per heavy atom. The van der Waals surface area contributed by atoms with E-state index < -0.39 is 0 Å². The topological polar surface area (TPSA) is 78.1 Å². The summed E-state index contributed by atoms with van der Waals surface area (Å²) >= 11 is 1.23. The molecule has 1 atom stereocenters. The van der Waals surface area contributed by atoms with Gasteiger partial charge in [0.05, 0.1) is 11.4 Å². The number of benzene rings is 2. The van der Waals surface area contributed by atoms with Gasteiger partial charge in [0, 0.05) is 12.3 Å². The molecule has 0 spiro atoms. The average Bonchev–Trinajstić information content (AvgIpc) is 3.25. The van der Waals surface area contributed by atoms with Gasteiger partial charge < -0.3 is 4.98 Å². The van der Waals surface area contributed by atoms with Crippen LogP contribution in [0, 0.1) is 0 Å². The molecule has 0 unspecified atom stereocenters. The molecular formula is C26H24N4O2S. The summed E-state index contributed by atoms with van der Waals surface area (Å²) in [6, 6.07) is 21.6. The van der Waals surface area contributed by atoms with Crippen molar-refractivity contribution in [3.63, 3.8) is 0 Å². The Hall–Kier alpha value is -3.58. The summed E-state index contributed by atoms with van der Waals surface area (Å²) in [6.07, 6.45) is 6.62. The van der Waals surface area contributed by atoms with Crippen molar-refractivity contribution in [2.24, 2.45) is 0 Å². The SMILES string of the molecule is O=C(CSc1nccc(=O)[nH]1)N1NC2=C(CCC/C2=C\c2ccccc2)[C@H]1c1ccccc1. The fraction of sp³-hybridized carbons (Fsp3) is 0.192. The highest BCUT2D eigenvalue weighted by Gasteiger charge is 2.39. The van der Waals surface area contributed by atoms with Crippen molar-refractivity contribution in [1.29, 1.82) is 0 Å². The van der Waals surface area contributed by atoms with Crippen molar-refractivity contribution in [3.05, 3.63) is 111 Å². The number of carbonyl (C=O) groups excluding carboxylic acids is 1. The van der Waals surface area contributed by atoms with Gasteiger partial charge in [0.15, 0.2) is 5.16 Å². The lowest BCUT2D eigenvalue weighted by Gasteiger charge is -2.27. The lowest BCUT2D eigenvalue weighted by Crippen LogP contribution is -2.41. The van der Waals surface area contributed by atoms with Gasteiger partial charge in [0.1, 0.15) is 6.04 Å². The molecule has 1 amide bonds. The zero-order chi connectivity index (χ0) is 22.6. The zero-order valence-electron chi connectivity index (χ0n) is 18.0. The van der Waals surface area contributed by atoms with E-state index in [-0.39, 0.29) is 23.3 Å². The van der Waals surface area contributed by atoms with Crippen LogP contribution in [-0.2, 0) is 4.79 Å². The van der Waals surface area contributed by atoms with E-state index in [1.165, 1.54) is 35.2 Å². The molecule has 2 aliphatic rings. The Kier molecular flexibility index (Phi) is 6.13. The lowest BCUT2D eigenvalue weighted by atomic mass is 9.86. The van der Waals surface area contributed by atoms with Gasteiger partial charge in [-0.3, -0.25) is 15.0 Å². The van der Waals surface area contributed by atoms with Gasteiger partial charge in [0.2, 0.25) is 0 Å². The van der Waals surface area contributed by atoms with Crippen molar-refractivity contribution in [2.45, 2.75) is 30.5 Å². The van der Waals surface area contributed by atoms with E-state index in [9.17, 15) is 9.59 Å². The molecule has 0 saturated heterocycles. The maximum Gasteiger partial charge on any atom is 0.252 e. The van der Waals surface area contributed by atoms with Crippen LogP contribution in [0.25, 0.3) is 6.08 Å². The molecule has 2 heterocycles. The molecule has 6 nitrogen and oxygen atoms in total. The Morgan fingerprint density at radius 2 is 1.82 bits per heavy atom. The minimum Gasteiger partial charge on any atom is -0.301 e. The molecule has 3 aromatic rings. The summed E-state index contributed by atoms with van der Waals surface area (Å²) in [5, 5.41) is 2.19. The lowest BCUT2D eigenvalue weighted by molar-refractivity contribution is -0.131. The van der Waals surface area contributed by atoms with Crippen LogP contribution < -0.4 is 11.0 Å². The second-order valence-corrected chi connectivity index (χ2v) is 9.01. The molecule has 0 bridgehead atoms. The van der Waals surface area contributed by atoms with E-state index in [0.717, 1.165) is 36.1 Å². The number of hydrogen-bond acceptors (Lipinski definition) is 5. The van der Waals surface area contributed by atoms with E-state index in [2.05, 4.69) is 45.7 Å². The van der Waals surface area contributed by atoms with E-state index in [1.54, 1.807) is 5.01 Å². The Bertz CT molecular complexity index is 1270. The molecule has 5 rings (SSSR count). The van der Waals surface area contributed by atoms with Gasteiger partial charge >= 0.3 is 0 Å². The molecule has 166 valence electrons. The van der Waals surface area contributed by atoms with E-state index >= 15 is 0 Å². The monoisotopic (exact) mass is 456 g/mol. The third-order valence-corrected chi connectivity index (χ3v) is 6.73. The van der Waals surface area contributed by atoms with Crippen LogP contribution in [0.5, 0.6) is 0 Å². The van der Waals surface area contributed by atoms with Crippen molar-refractivity contribution in [3.8, 4) is 0 Å². The van der Waals surface area contributed by atoms with Crippen LogP contribution in [0.2, 0.25) is 0 Å². The number of aromatic amines is 1. The molecule has 1 aliphatic carbocycles. The van der Waals surface area contributed by atoms with Crippen molar-refractivity contribution >= 4 is 23.7 Å². The first-order valence-corrected chi connectivity index (χ1v) is 12.0. The Morgan fingerprint density at radius 1 is 1.06 bits per heavy atom. The number of hydrogen-bond donors (Lipinski definition) is 2. The van der Waals surface area contributed by atoms with Gasteiger partial charge in [-0.1, -0.05) is 72.4 Å². The van der Waals surface area contributed by atoms with Crippen LogP contribution in [0.3, 0.4) is 0 Å². The Labute approximate surface area is 196 Å². The number of aromatic nitrogens is 2. The molecule has 0 radical (unpaired) electrons. The van der Waals surface area contributed by atoms with Crippen molar-refractivity contribution in [1.82, 2.24) is 20.4 Å². The largest absolute Gasteiger partial charge is 0.301 e. The number of rotatable bonds is 5. The number of allylic oxidation sites excluding steroid dienone is 1. The third kappa shape index (κ3) is 4.64. The summed E-state index contributed by atoms with van der Waals surface area (Å²) in [5.74, 6) is 0.107. The van der Waals surface area contributed by atoms with Crippen LogP contribution in [-0.4, -0.2) is 26.6 Å². The number of carbonyl (C=O) groups is 1. The minimum absolute atomic E-state index is 0.0613. The highest BCUT2D eigenvalue weighted by atomic mass is 32.2. The summed E-state index contributed by atoms with van der Waals surface area (Å²) < 4.78 is 0. The first-order valence-electron chi connectivity index (χ1n) is 11.0. The predicted molar refractivity (Wildman–Crippen MR) is 130 cm³/mol. The third-order valence-electron chi connectivity index (χ3n) is 5.86.